The number of rotatable bonds is 6. The molecule has 0 saturated heterocycles. The van der Waals surface area contributed by atoms with E-state index in [0.717, 1.165) is 10.6 Å². The fourth-order valence-corrected chi connectivity index (χ4v) is 3.53. The standard InChI is InChI=1S/C17H17ClN2O5S/c1-26(22,23)20(14-6-7-15-16(10-14)25-11-24-15)9-8-17(21)19-13-4-2-12(18)3-5-13/h2-7,10H,8-9,11H2,1H3,(H,19,21). The number of anilines is 2. The summed E-state index contributed by atoms with van der Waals surface area (Å²) in [5.41, 5.74) is 1.00. The molecular formula is C17H17ClN2O5S. The zero-order chi connectivity index (χ0) is 18.7. The van der Waals surface area contributed by atoms with Gasteiger partial charge in [0.2, 0.25) is 22.7 Å². The van der Waals surface area contributed by atoms with Gasteiger partial charge in [-0.3, -0.25) is 9.10 Å². The van der Waals surface area contributed by atoms with Crippen molar-refractivity contribution in [3.63, 3.8) is 0 Å². The van der Waals surface area contributed by atoms with Crippen molar-refractivity contribution in [1.82, 2.24) is 0 Å². The maximum absolute atomic E-state index is 12.1. The van der Waals surface area contributed by atoms with Gasteiger partial charge < -0.3 is 14.8 Å². The zero-order valence-electron chi connectivity index (χ0n) is 13.9. The Morgan fingerprint density at radius 3 is 2.54 bits per heavy atom. The second kappa shape index (κ2) is 7.43. The van der Waals surface area contributed by atoms with Gasteiger partial charge >= 0.3 is 0 Å². The number of ether oxygens (including phenoxy) is 2. The Bertz CT molecular complexity index is 915. The van der Waals surface area contributed by atoms with Crippen molar-refractivity contribution in [3.05, 3.63) is 47.5 Å². The van der Waals surface area contributed by atoms with Crippen LogP contribution in [0.2, 0.25) is 5.02 Å². The normalized spacial score (nSPS) is 12.7. The molecule has 3 rings (SSSR count). The van der Waals surface area contributed by atoms with Gasteiger partial charge in [-0.15, -0.1) is 0 Å². The van der Waals surface area contributed by atoms with Crippen LogP contribution in [0.1, 0.15) is 6.42 Å². The average molecular weight is 397 g/mol. The molecule has 1 aliphatic rings. The van der Waals surface area contributed by atoms with Gasteiger partial charge in [-0.25, -0.2) is 8.42 Å². The Morgan fingerprint density at radius 2 is 1.85 bits per heavy atom. The molecule has 0 fully saturated rings. The molecule has 0 atom stereocenters. The molecule has 26 heavy (non-hydrogen) atoms. The number of hydrogen-bond donors (Lipinski definition) is 1. The van der Waals surface area contributed by atoms with Crippen LogP contribution in [0.5, 0.6) is 11.5 Å². The molecule has 0 aliphatic carbocycles. The zero-order valence-corrected chi connectivity index (χ0v) is 15.5. The molecule has 2 aromatic carbocycles. The summed E-state index contributed by atoms with van der Waals surface area (Å²) in [5, 5.41) is 3.27. The lowest BCUT2D eigenvalue weighted by atomic mass is 10.2. The number of halogens is 1. The first-order valence-electron chi connectivity index (χ1n) is 7.76. The van der Waals surface area contributed by atoms with Crippen molar-refractivity contribution < 1.29 is 22.7 Å². The van der Waals surface area contributed by atoms with E-state index in [2.05, 4.69) is 5.32 Å². The summed E-state index contributed by atoms with van der Waals surface area (Å²) in [6.45, 7) is 0.0963. The maximum Gasteiger partial charge on any atom is 0.232 e. The SMILES string of the molecule is CS(=O)(=O)N(CCC(=O)Nc1ccc(Cl)cc1)c1ccc2c(c1)OCO2. The first-order valence-corrected chi connectivity index (χ1v) is 9.98. The number of sulfonamides is 1. The van der Waals surface area contributed by atoms with E-state index < -0.39 is 10.0 Å². The molecule has 0 aromatic heterocycles. The van der Waals surface area contributed by atoms with Crippen LogP contribution in [0, 0.1) is 0 Å². The van der Waals surface area contributed by atoms with Crippen LogP contribution < -0.4 is 19.1 Å². The summed E-state index contributed by atoms with van der Waals surface area (Å²) in [7, 11) is -3.57. The third-order valence-corrected chi connectivity index (χ3v) is 5.16. The van der Waals surface area contributed by atoms with Crippen molar-refractivity contribution in [1.29, 1.82) is 0 Å². The Kier molecular flexibility index (Phi) is 5.24. The second-order valence-electron chi connectivity index (χ2n) is 5.68. The second-order valence-corrected chi connectivity index (χ2v) is 8.02. The van der Waals surface area contributed by atoms with Crippen molar-refractivity contribution in [2.45, 2.75) is 6.42 Å². The summed E-state index contributed by atoms with van der Waals surface area (Å²) in [4.78, 5) is 12.1. The van der Waals surface area contributed by atoms with Crippen LogP contribution in [0.25, 0.3) is 0 Å². The fourth-order valence-electron chi connectivity index (χ4n) is 2.49. The summed E-state index contributed by atoms with van der Waals surface area (Å²) < 4.78 is 36.0. The molecule has 1 N–H and O–H groups in total. The molecule has 9 heteroatoms. The van der Waals surface area contributed by atoms with Gasteiger partial charge in [0.15, 0.2) is 11.5 Å². The molecule has 0 bridgehead atoms. The number of benzene rings is 2. The number of carbonyl (C=O) groups excluding carboxylic acids is 1. The van der Waals surface area contributed by atoms with Crippen molar-refractivity contribution >= 4 is 38.9 Å². The van der Waals surface area contributed by atoms with Gasteiger partial charge in [-0.2, -0.15) is 0 Å². The first kappa shape index (κ1) is 18.3. The van der Waals surface area contributed by atoms with E-state index >= 15 is 0 Å². The Morgan fingerprint density at radius 1 is 1.15 bits per heavy atom. The van der Waals surface area contributed by atoms with Gasteiger partial charge in [-0.1, -0.05) is 11.6 Å². The molecule has 0 spiro atoms. The maximum atomic E-state index is 12.1. The Labute approximate surface area is 156 Å². The van der Waals surface area contributed by atoms with Crippen molar-refractivity contribution in [3.8, 4) is 11.5 Å². The molecule has 138 valence electrons. The highest BCUT2D eigenvalue weighted by Crippen LogP contribution is 2.36. The summed E-state index contributed by atoms with van der Waals surface area (Å²) in [6.07, 6.45) is 1.08. The summed E-state index contributed by atoms with van der Waals surface area (Å²) in [5.74, 6) is 0.728. The molecule has 0 unspecified atom stereocenters. The van der Waals surface area contributed by atoms with Crippen LogP contribution in [0.15, 0.2) is 42.5 Å². The van der Waals surface area contributed by atoms with E-state index in [9.17, 15) is 13.2 Å². The van der Waals surface area contributed by atoms with Crippen LogP contribution >= 0.6 is 11.6 Å². The molecular weight excluding hydrogens is 380 g/mol. The van der Waals surface area contributed by atoms with E-state index in [1.807, 2.05) is 0 Å². The Balaban J connectivity index is 1.69. The summed E-state index contributed by atoms with van der Waals surface area (Å²) >= 11 is 5.80. The molecule has 1 amide bonds. The molecule has 1 heterocycles. The van der Waals surface area contributed by atoms with Gasteiger partial charge in [0, 0.05) is 29.7 Å². The molecule has 7 nitrogen and oxygen atoms in total. The quantitative estimate of drug-likeness (QED) is 0.811. The minimum Gasteiger partial charge on any atom is -0.454 e. The average Bonchev–Trinajstić information content (AvgIpc) is 3.03. The van der Waals surface area contributed by atoms with E-state index in [-0.39, 0.29) is 25.7 Å². The van der Waals surface area contributed by atoms with Crippen LogP contribution in [-0.4, -0.2) is 33.9 Å². The first-order chi connectivity index (χ1) is 12.3. The number of amides is 1. The number of fused-ring (bicyclic) bond motifs is 1. The smallest absolute Gasteiger partial charge is 0.232 e. The lowest BCUT2D eigenvalue weighted by Gasteiger charge is -2.22. The largest absolute Gasteiger partial charge is 0.454 e. The van der Waals surface area contributed by atoms with E-state index in [1.165, 1.54) is 0 Å². The lowest BCUT2D eigenvalue weighted by Crippen LogP contribution is -2.33. The van der Waals surface area contributed by atoms with Gasteiger partial charge in [0.25, 0.3) is 0 Å². The topological polar surface area (TPSA) is 84.9 Å². The predicted molar refractivity (Wildman–Crippen MR) is 99.5 cm³/mol. The highest BCUT2D eigenvalue weighted by Gasteiger charge is 2.22. The van der Waals surface area contributed by atoms with Crippen molar-refractivity contribution in [2.24, 2.45) is 0 Å². The van der Waals surface area contributed by atoms with Gasteiger partial charge in [-0.05, 0) is 36.4 Å². The van der Waals surface area contributed by atoms with E-state index in [4.69, 9.17) is 21.1 Å². The van der Waals surface area contributed by atoms with Gasteiger partial charge in [0.1, 0.15) is 0 Å². The molecule has 2 aromatic rings. The monoisotopic (exact) mass is 396 g/mol. The third kappa shape index (κ3) is 4.39. The minimum atomic E-state index is -3.57. The Hall–Kier alpha value is -2.45. The van der Waals surface area contributed by atoms with Crippen LogP contribution in [0.4, 0.5) is 11.4 Å². The van der Waals surface area contributed by atoms with Crippen LogP contribution in [0.3, 0.4) is 0 Å². The highest BCUT2D eigenvalue weighted by molar-refractivity contribution is 7.92. The highest BCUT2D eigenvalue weighted by atomic mass is 35.5. The lowest BCUT2D eigenvalue weighted by molar-refractivity contribution is -0.116. The molecule has 0 saturated carbocycles. The molecule has 1 aliphatic heterocycles. The van der Waals surface area contributed by atoms with Gasteiger partial charge in [0.05, 0.1) is 11.9 Å². The fraction of sp³-hybridized carbons (Fsp3) is 0.235. The minimum absolute atomic E-state index is 0.00208. The number of carbonyl (C=O) groups is 1. The van der Waals surface area contributed by atoms with Crippen molar-refractivity contribution in [2.75, 3.05) is 29.2 Å². The number of nitrogens with zero attached hydrogens (tertiary/aromatic N) is 1. The third-order valence-electron chi connectivity index (χ3n) is 3.71. The number of hydrogen-bond acceptors (Lipinski definition) is 5. The molecule has 0 radical (unpaired) electrons. The number of nitrogens with one attached hydrogen (secondary N) is 1. The van der Waals surface area contributed by atoms with Crippen LogP contribution in [-0.2, 0) is 14.8 Å². The predicted octanol–water partition coefficient (Wildman–Crippen LogP) is 2.86. The van der Waals surface area contributed by atoms with E-state index in [1.54, 1.807) is 42.5 Å². The van der Waals surface area contributed by atoms with E-state index in [0.29, 0.717) is 27.9 Å². The summed E-state index contributed by atoms with van der Waals surface area (Å²) in [6, 6.07) is 11.5.